The zero-order chi connectivity index (χ0) is 33.4. The van der Waals surface area contributed by atoms with Crippen molar-refractivity contribution >= 4 is 66.7 Å². The maximum atomic E-state index is 13.8. The quantitative estimate of drug-likeness (QED) is 0.0501. The summed E-state index contributed by atoms with van der Waals surface area (Å²) in [5, 5.41) is 6.79. The zero-order valence-corrected chi connectivity index (χ0v) is 28.0. The van der Waals surface area contributed by atoms with Crippen molar-refractivity contribution in [3.8, 4) is 0 Å². The summed E-state index contributed by atoms with van der Waals surface area (Å²) in [5.41, 5.74) is 7.82. The Hall–Kier alpha value is -4.36. The van der Waals surface area contributed by atoms with Crippen LogP contribution in [-0.4, -0.2) is 53.1 Å². The van der Waals surface area contributed by atoms with Crippen LogP contribution in [0.5, 0.6) is 0 Å². The molecule has 2 aliphatic rings. The van der Waals surface area contributed by atoms with Crippen LogP contribution >= 0.6 is 0 Å². The molecule has 0 atom stereocenters. The van der Waals surface area contributed by atoms with Gasteiger partial charge in [-0.15, -0.1) is 0 Å². The topological polar surface area (TPSA) is 101 Å². The van der Waals surface area contributed by atoms with Crippen LogP contribution in [0.15, 0.2) is 48.5 Å². The minimum atomic E-state index is -0.265. The van der Waals surface area contributed by atoms with Crippen LogP contribution in [0.3, 0.4) is 0 Å². The normalized spacial score (nSPS) is 14.6. The fraction of sp³-hybridized carbons (Fsp3) is 0.415. The largest absolute Gasteiger partial charge is 0.330 e. The second kappa shape index (κ2) is 13.6. The highest BCUT2D eigenvalue weighted by Gasteiger charge is 2.36. The average molecular weight is 644 g/mol. The predicted octanol–water partition coefficient (Wildman–Crippen LogP) is 8.98. The first-order valence-electron chi connectivity index (χ1n) is 18.1. The number of amides is 4. The molecule has 2 N–H and O–H groups in total. The summed E-state index contributed by atoms with van der Waals surface area (Å²) in [5.74, 6) is -0.991. The van der Waals surface area contributed by atoms with Crippen LogP contribution in [0, 0.1) is 0 Å². The van der Waals surface area contributed by atoms with Crippen molar-refractivity contribution in [2.24, 2.45) is 5.73 Å². The summed E-state index contributed by atoms with van der Waals surface area (Å²) in [7, 11) is 0. The van der Waals surface area contributed by atoms with E-state index in [1.54, 1.807) is 0 Å². The smallest absolute Gasteiger partial charge is 0.261 e. The van der Waals surface area contributed by atoms with Gasteiger partial charge in [0.15, 0.2) is 0 Å². The Bertz CT molecular complexity index is 1940. The first kappa shape index (κ1) is 32.2. The summed E-state index contributed by atoms with van der Waals surface area (Å²) in [6, 6.07) is 15.2. The number of imide groups is 2. The lowest BCUT2D eigenvalue weighted by molar-refractivity contribution is 0.0592. The first-order chi connectivity index (χ1) is 23.5. The molecule has 0 saturated heterocycles. The number of hydrogen-bond acceptors (Lipinski definition) is 5. The Labute approximate surface area is 281 Å². The molecule has 7 rings (SSSR count). The Balaban J connectivity index is 1.18. The fourth-order valence-corrected chi connectivity index (χ4v) is 8.12. The van der Waals surface area contributed by atoms with E-state index in [1.165, 1.54) is 54.7 Å². The molecule has 48 heavy (non-hydrogen) atoms. The minimum absolute atomic E-state index is 0.231. The molecule has 2 aliphatic heterocycles. The number of hydrogen-bond donors (Lipinski definition) is 1. The van der Waals surface area contributed by atoms with E-state index < -0.39 is 0 Å². The van der Waals surface area contributed by atoms with E-state index in [4.69, 9.17) is 5.73 Å². The van der Waals surface area contributed by atoms with Crippen molar-refractivity contribution in [2.75, 3.05) is 19.6 Å². The van der Waals surface area contributed by atoms with Gasteiger partial charge < -0.3 is 5.73 Å². The van der Waals surface area contributed by atoms with E-state index in [1.807, 2.05) is 48.5 Å². The van der Waals surface area contributed by atoms with Crippen LogP contribution in [-0.2, 0) is 0 Å². The van der Waals surface area contributed by atoms with Crippen LogP contribution in [0.25, 0.3) is 43.1 Å². The van der Waals surface area contributed by atoms with Gasteiger partial charge in [-0.2, -0.15) is 0 Å². The van der Waals surface area contributed by atoms with E-state index in [-0.39, 0.29) is 23.6 Å². The van der Waals surface area contributed by atoms with Crippen molar-refractivity contribution in [1.29, 1.82) is 0 Å². The van der Waals surface area contributed by atoms with Gasteiger partial charge in [-0.1, -0.05) is 95.4 Å². The molecule has 5 aromatic rings. The van der Waals surface area contributed by atoms with E-state index in [9.17, 15) is 19.2 Å². The lowest BCUT2D eigenvalue weighted by Gasteiger charge is -2.30. The number of nitrogens with zero attached hydrogens (tertiary/aromatic N) is 2. The van der Waals surface area contributed by atoms with E-state index >= 15 is 0 Å². The van der Waals surface area contributed by atoms with Crippen molar-refractivity contribution in [3.05, 3.63) is 70.8 Å². The summed E-state index contributed by atoms with van der Waals surface area (Å²) >= 11 is 0. The number of nitrogens with two attached hydrogens (primary N) is 1. The van der Waals surface area contributed by atoms with Crippen molar-refractivity contribution in [2.45, 2.75) is 90.4 Å². The maximum absolute atomic E-state index is 13.8. The Morgan fingerprint density at radius 2 is 0.729 bits per heavy atom. The Morgan fingerprint density at radius 3 is 1.06 bits per heavy atom. The van der Waals surface area contributed by atoms with Crippen molar-refractivity contribution in [3.63, 3.8) is 0 Å². The fourth-order valence-electron chi connectivity index (χ4n) is 8.12. The third kappa shape index (κ3) is 5.33. The molecule has 0 unspecified atom stereocenters. The molecule has 0 spiro atoms. The molecular formula is C41H45N3O4. The minimum Gasteiger partial charge on any atom is -0.330 e. The van der Waals surface area contributed by atoms with Crippen LogP contribution in [0.4, 0.5) is 0 Å². The number of carbonyl (C=O) groups excluding carboxylic acids is 4. The second-order valence-corrected chi connectivity index (χ2v) is 13.7. The third-order valence-electron chi connectivity index (χ3n) is 10.6. The molecule has 7 heteroatoms. The highest BCUT2D eigenvalue weighted by atomic mass is 16.2. The number of fused-ring (bicyclic) bond motifs is 2. The van der Waals surface area contributed by atoms with Gasteiger partial charge in [0, 0.05) is 46.1 Å². The van der Waals surface area contributed by atoms with Gasteiger partial charge in [-0.25, -0.2) is 0 Å². The molecule has 7 nitrogen and oxygen atoms in total. The lowest BCUT2D eigenvalue weighted by Crippen LogP contribution is -2.41. The molecule has 0 aromatic heterocycles. The van der Waals surface area contributed by atoms with Gasteiger partial charge in [-0.05, 0) is 82.4 Å². The van der Waals surface area contributed by atoms with Gasteiger partial charge in [0.1, 0.15) is 0 Å². The third-order valence-corrected chi connectivity index (χ3v) is 10.6. The van der Waals surface area contributed by atoms with Gasteiger partial charge in [0.05, 0.1) is 0 Å². The van der Waals surface area contributed by atoms with Gasteiger partial charge >= 0.3 is 0 Å². The SMILES string of the molecule is CCCCCCCCCCCCN1C(=O)c2ccc3c4ccc5c6c(ccc(c7ccc(c2c37)C1=O)c64)C(=O)N(CCCCCN)C5=O. The number of unbranched alkanes of at least 4 members (excludes halogenated alkanes) is 11. The molecule has 0 aliphatic carbocycles. The summed E-state index contributed by atoms with van der Waals surface area (Å²) in [6.45, 7) is 3.63. The Morgan fingerprint density at radius 1 is 0.417 bits per heavy atom. The lowest BCUT2D eigenvalue weighted by atomic mass is 9.82. The van der Waals surface area contributed by atoms with E-state index in [0.29, 0.717) is 52.7 Å². The van der Waals surface area contributed by atoms with E-state index in [2.05, 4.69) is 6.92 Å². The Kier molecular flexibility index (Phi) is 9.15. The number of rotatable bonds is 16. The standard InChI is InChI=1S/C41H45N3O4/c1-2-3-4-5-6-7-8-9-10-13-24-43-38(45)30-19-15-26-28-17-21-32-37-33(41(48)44(40(32)47)25-14-11-12-23-42)22-18-29(35(28)37)27-16-20-31(39(43)46)36(30)34(26)27/h15-22H,2-14,23-25,42H2,1H3. The summed E-state index contributed by atoms with van der Waals surface area (Å²) in [6.07, 6.45) is 14.4. The molecular weight excluding hydrogens is 598 g/mol. The van der Waals surface area contributed by atoms with Crippen molar-refractivity contribution < 1.29 is 19.2 Å². The monoisotopic (exact) mass is 643 g/mol. The highest BCUT2D eigenvalue weighted by Crippen LogP contribution is 2.46. The zero-order valence-electron chi connectivity index (χ0n) is 28.0. The molecule has 248 valence electrons. The van der Waals surface area contributed by atoms with Crippen LogP contribution < -0.4 is 5.73 Å². The van der Waals surface area contributed by atoms with E-state index in [0.717, 1.165) is 70.8 Å². The maximum Gasteiger partial charge on any atom is 0.261 e. The van der Waals surface area contributed by atoms with Gasteiger partial charge in [0.2, 0.25) is 0 Å². The summed E-state index contributed by atoms with van der Waals surface area (Å²) < 4.78 is 0. The molecule has 0 saturated carbocycles. The molecule has 0 bridgehead atoms. The average Bonchev–Trinajstić information content (AvgIpc) is 3.10. The molecule has 0 fully saturated rings. The number of carbonyl (C=O) groups is 4. The molecule has 5 aromatic carbocycles. The summed E-state index contributed by atoms with van der Waals surface area (Å²) in [4.78, 5) is 57.8. The highest BCUT2D eigenvalue weighted by molar-refractivity contribution is 6.41. The molecule has 2 heterocycles. The van der Waals surface area contributed by atoms with Gasteiger partial charge in [0.25, 0.3) is 23.6 Å². The second-order valence-electron chi connectivity index (χ2n) is 13.7. The molecule has 4 amide bonds. The van der Waals surface area contributed by atoms with Crippen molar-refractivity contribution in [1.82, 2.24) is 9.80 Å². The number of benzene rings is 5. The van der Waals surface area contributed by atoms with Crippen LogP contribution in [0.1, 0.15) is 132 Å². The first-order valence-corrected chi connectivity index (χ1v) is 18.1. The van der Waals surface area contributed by atoms with Gasteiger partial charge in [-0.3, -0.25) is 29.0 Å². The predicted molar refractivity (Wildman–Crippen MR) is 193 cm³/mol. The molecule has 0 radical (unpaired) electrons. The van der Waals surface area contributed by atoms with Crippen LogP contribution in [0.2, 0.25) is 0 Å².